The predicted octanol–water partition coefficient (Wildman–Crippen LogP) is 7.72. The monoisotopic (exact) mass is 1250 g/mol. The molecule has 0 spiro atoms. The second-order valence-corrected chi connectivity index (χ2v) is 24.7. The molecule has 0 saturated carbocycles. The lowest BCUT2D eigenvalue weighted by Gasteiger charge is -2.50. The van der Waals surface area contributed by atoms with Gasteiger partial charge in [-0.15, -0.1) is 0 Å². The summed E-state index contributed by atoms with van der Waals surface area (Å²) in [5, 5.41) is 70.0. The van der Waals surface area contributed by atoms with Crippen LogP contribution in [-0.2, 0) is 76.0 Å². The van der Waals surface area contributed by atoms with E-state index in [2.05, 4.69) is 13.8 Å². The van der Waals surface area contributed by atoms with Crippen molar-refractivity contribution in [1.29, 1.82) is 0 Å². The molecule has 5 aliphatic heterocycles. The second-order valence-electron chi connectivity index (χ2n) is 24.7. The number of unbranched alkanes of at least 4 members (excludes halogenated alkanes) is 10. The Kier molecular flexibility index (Phi) is 31.9. The van der Waals surface area contributed by atoms with Crippen molar-refractivity contribution in [3.63, 3.8) is 0 Å². The number of rotatable bonds is 26. The molecule has 5 heterocycles. The summed E-state index contributed by atoms with van der Waals surface area (Å²) in [5.74, 6) is -3.57. The zero-order valence-corrected chi connectivity index (χ0v) is 53.1. The van der Waals surface area contributed by atoms with Crippen molar-refractivity contribution in [2.24, 2.45) is 5.92 Å². The van der Waals surface area contributed by atoms with E-state index in [1.807, 2.05) is 6.07 Å². The molecule has 6 rings (SSSR count). The molecule has 88 heavy (non-hydrogen) atoms. The van der Waals surface area contributed by atoms with E-state index < -0.39 is 159 Å². The SMILES string of the molecule is CCCCCCCCCCCC(=O)OC1C(C)OC(OC2C(C)OC(OC3C(C)OC4OC5C(OC(CCCCC)CCCCCCCCCC(=O)OC4C3O)OC(CO)C(O)C5O)C(O)C2OC(=O)C(C)CC)C(OC(=O)C=Cc2ccccc2)C1O. The molecule has 22 unspecified atom stereocenters. The van der Waals surface area contributed by atoms with Gasteiger partial charge in [-0.05, 0) is 64.5 Å². The van der Waals surface area contributed by atoms with Crippen LogP contribution in [0.3, 0.4) is 0 Å². The van der Waals surface area contributed by atoms with Gasteiger partial charge in [-0.2, -0.15) is 0 Å². The van der Waals surface area contributed by atoms with Gasteiger partial charge in [0.25, 0.3) is 0 Å². The third-order valence-electron chi connectivity index (χ3n) is 17.6. The Labute approximate surface area is 520 Å². The van der Waals surface area contributed by atoms with Crippen LogP contribution in [-0.4, -0.2) is 190 Å². The summed E-state index contributed by atoms with van der Waals surface area (Å²) in [5.41, 5.74) is 0.681. The topological polar surface area (TPSA) is 300 Å². The Morgan fingerprint density at radius 1 is 0.580 bits per heavy atom. The first-order valence-corrected chi connectivity index (χ1v) is 33.2. The number of aliphatic hydroxyl groups is 6. The fourth-order valence-corrected chi connectivity index (χ4v) is 11.9. The van der Waals surface area contributed by atoms with E-state index in [9.17, 15) is 49.8 Å². The number of benzene rings is 1. The van der Waals surface area contributed by atoms with E-state index in [4.69, 9.17) is 56.8 Å². The largest absolute Gasteiger partial charge is 0.457 e. The van der Waals surface area contributed by atoms with Gasteiger partial charge >= 0.3 is 23.9 Å². The molecule has 22 nitrogen and oxygen atoms in total. The van der Waals surface area contributed by atoms with Crippen molar-refractivity contribution in [1.82, 2.24) is 0 Å². The standard InChI is InChI=1S/C66H106O22/c1-8-11-13-14-15-16-19-22-29-35-47(68)82-55-41(5)78-64(60(52(55)73)84-49(70)38-37-44-31-26-24-27-32-44)87-57-43(7)77-63(54(75)58(57)85-62(76)40(4)10-3)86-56-42(6)79-65-61(53(56)74)83-48(69)36-30-23-20-17-18-21-28-34-45(33-25-12-9-2)80-66-59(88-65)51(72)50(71)46(39-67)81-66/h24,26-27,31-32,37-38,40-43,45-46,50-61,63-67,71-75H,8-23,25,28-30,33-36,39H2,1-7H3. The van der Waals surface area contributed by atoms with Crippen LogP contribution in [0.2, 0.25) is 0 Å². The zero-order chi connectivity index (χ0) is 63.7. The number of aliphatic hydroxyl groups excluding tert-OH is 6. The molecule has 0 bridgehead atoms. The minimum absolute atomic E-state index is 0.0169. The van der Waals surface area contributed by atoms with Gasteiger partial charge in [0.1, 0.15) is 54.9 Å². The Bertz CT molecular complexity index is 2200. The number of ether oxygens (including phenoxy) is 12. The highest BCUT2D eigenvalue weighted by Gasteiger charge is 2.57. The molecule has 0 radical (unpaired) electrons. The highest BCUT2D eigenvalue weighted by Crippen LogP contribution is 2.38. The zero-order valence-electron chi connectivity index (χ0n) is 53.1. The molecule has 1 aromatic carbocycles. The summed E-state index contributed by atoms with van der Waals surface area (Å²) in [6.45, 7) is 11.7. The first-order valence-electron chi connectivity index (χ1n) is 33.2. The van der Waals surface area contributed by atoms with E-state index in [0.717, 1.165) is 89.5 Å². The molecule has 1 aromatic rings. The van der Waals surface area contributed by atoms with Gasteiger partial charge in [-0.1, -0.05) is 167 Å². The lowest BCUT2D eigenvalue weighted by atomic mass is 9.95. The van der Waals surface area contributed by atoms with Crippen LogP contribution in [0, 0.1) is 5.92 Å². The molecule has 0 aromatic heterocycles. The van der Waals surface area contributed by atoms with E-state index in [1.54, 1.807) is 45.0 Å². The van der Waals surface area contributed by atoms with Gasteiger partial charge in [-0.3, -0.25) is 14.4 Å². The first kappa shape index (κ1) is 73.3. The maximum absolute atomic E-state index is 13.8. The van der Waals surface area contributed by atoms with Crippen molar-refractivity contribution in [3.05, 3.63) is 42.0 Å². The highest BCUT2D eigenvalue weighted by molar-refractivity contribution is 5.87. The number of hydrogen-bond donors (Lipinski definition) is 6. The van der Waals surface area contributed by atoms with Crippen LogP contribution in [0.5, 0.6) is 0 Å². The Hall–Kier alpha value is -3.72. The Morgan fingerprint density at radius 2 is 1.18 bits per heavy atom. The van der Waals surface area contributed by atoms with Gasteiger partial charge in [0.2, 0.25) is 0 Å². The van der Waals surface area contributed by atoms with Gasteiger partial charge in [0, 0.05) is 18.9 Å². The van der Waals surface area contributed by atoms with Gasteiger partial charge < -0.3 is 87.5 Å². The van der Waals surface area contributed by atoms with Crippen LogP contribution in [0.15, 0.2) is 36.4 Å². The predicted molar refractivity (Wildman–Crippen MR) is 320 cm³/mol. The Morgan fingerprint density at radius 3 is 1.86 bits per heavy atom. The summed E-state index contributed by atoms with van der Waals surface area (Å²) < 4.78 is 75.0. The minimum atomic E-state index is -1.90. The van der Waals surface area contributed by atoms with E-state index in [1.165, 1.54) is 45.6 Å². The molecular weight excluding hydrogens is 1140 g/mol. The molecule has 0 amide bonds. The number of carbonyl (C=O) groups excluding carboxylic acids is 4. The lowest BCUT2D eigenvalue weighted by Crippen LogP contribution is -2.67. The molecular formula is C66H106O22. The van der Waals surface area contributed by atoms with Crippen LogP contribution in [0.1, 0.15) is 208 Å². The fourth-order valence-electron chi connectivity index (χ4n) is 11.9. The summed E-state index contributed by atoms with van der Waals surface area (Å²) in [7, 11) is 0. The summed E-state index contributed by atoms with van der Waals surface area (Å²) in [6.07, 6.45) is -8.14. The normalized spacial score (nSPS) is 36.0. The smallest absolute Gasteiger partial charge is 0.331 e. The van der Waals surface area contributed by atoms with Crippen molar-refractivity contribution in [2.75, 3.05) is 6.61 Å². The van der Waals surface area contributed by atoms with E-state index in [0.29, 0.717) is 37.7 Å². The van der Waals surface area contributed by atoms with E-state index in [-0.39, 0.29) is 18.9 Å². The van der Waals surface area contributed by atoms with Crippen LogP contribution in [0.4, 0.5) is 0 Å². The molecule has 22 atom stereocenters. The van der Waals surface area contributed by atoms with Crippen LogP contribution < -0.4 is 0 Å². The van der Waals surface area contributed by atoms with Gasteiger partial charge in [-0.25, -0.2) is 4.79 Å². The summed E-state index contributed by atoms with van der Waals surface area (Å²) in [4.78, 5) is 54.5. The van der Waals surface area contributed by atoms with Gasteiger partial charge in [0.15, 0.2) is 49.6 Å². The maximum atomic E-state index is 13.8. The molecule has 5 fully saturated rings. The van der Waals surface area contributed by atoms with Gasteiger partial charge in [0.05, 0.1) is 36.9 Å². The quantitative estimate of drug-likeness (QED) is 0.0224. The first-order chi connectivity index (χ1) is 42.4. The second kappa shape index (κ2) is 38.3. The molecule has 6 N–H and O–H groups in total. The molecule has 502 valence electrons. The average molecular weight is 1250 g/mol. The van der Waals surface area contributed by atoms with Crippen molar-refractivity contribution in [3.8, 4) is 0 Å². The van der Waals surface area contributed by atoms with Crippen molar-refractivity contribution >= 4 is 30.0 Å². The third kappa shape index (κ3) is 22.0. The third-order valence-corrected chi connectivity index (χ3v) is 17.6. The highest BCUT2D eigenvalue weighted by atomic mass is 16.8. The molecule has 22 heteroatoms. The number of hydrogen-bond acceptors (Lipinski definition) is 22. The average Bonchev–Trinajstić information content (AvgIpc) is 1.76. The molecule has 5 saturated heterocycles. The number of esters is 4. The number of fused-ring (bicyclic) bond motifs is 2. The maximum Gasteiger partial charge on any atom is 0.331 e. The number of carbonyl (C=O) groups is 4. The molecule has 0 aliphatic carbocycles. The molecule has 5 aliphatic rings. The van der Waals surface area contributed by atoms with Crippen molar-refractivity contribution in [2.45, 2.75) is 331 Å². The van der Waals surface area contributed by atoms with Crippen LogP contribution >= 0.6 is 0 Å². The van der Waals surface area contributed by atoms with E-state index >= 15 is 0 Å². The van der Waals surface area contributed by atoms with Crippen molar-refractivity contribution < 1.29 is 107 Å². The van der Waals surface area contributed by atoms with Crippen LogP contribution in [0.25, 0.3) is 6.08 Å². The minimum Gasteiger partial charge on any atom is -0.457 e. The summed E-state index contributed by atoms with van der Waals surface area (Å²) in [6, 6.07) is 8.95. The fraction of sp³-hybridized carbons (Fsp3) is 0.818. The summed E-state index contributed by atoms with van der Waals surface area (Å²) >= 11 is 0. The Balaban J connectivity index is 1.24. The lowest BCUT2D eigenvalue weighted by molar-refractivity contribution is -0.388.